The Bertz CT molecular complexity index is 663. The number of ether oxygens (including phenoxy) is 3. The van der Waals surface area contributed by atoms with Crippen molar-refractivity contribution < 1.29 is 24.1 Å². The maximum absolute atomic E-state index is 12.1. The molecule has 0 saturated carbocycles. The fraction of sp³-hybridized carbons (Fsp3) is 0.609. The van der Waals surface area contributed by atoms with Crippen LogP contribution in [-0.2, 0) is 20.9 Å². The van der Waals surface area contributed by atoms with E-state index in [1.54, 1.807) is 34.8 Å². The maximum atomic E-state index is 12.1. The number of esters is 1. The lowest BCUT2D eigenvalue weighted by molar-refractivity contribution is -0.159. The van der Waals surface area contributed by atoms with Crippen LogP contribution in [-0.4, -0.2) is 36.0 Å². The van der Waals surface area contributed by atoms with Gasteiger partial charge in [0.1, 0.15) is 11.4 Å². The number of rotatable bonds is 9. The van der Waals surface area contributed by atoms with Gasteiger partial charge in [-0.15, -0.1) is 5.92 Å². The first-order valence-corrected chi connectivity index (χ1v) is 9.64. The highest BCUT2D eigenvalue weighted by atomic mass is 16.6. The van der Waals surface area contributed by atoms with Gasteiger partial charge in [0.25, 0.3) is 0 Å². The predicted octanol–water partition coefficient (Wildman–Crippen LogP) is 3.97. The molecule has 1 aromatic rings. The van der Waals surface area contributed by atoms with E-state index >= 15 is 0 Å². The summed E-state index contributed by atoms with van der Waals surface area (Å²) in [4.78, 5) is 12.1. The van der Waals surface area contributed by atoms with Crippen molar-refractivity contribution in [2.24, 2.45) is 11.8 Å². The lowest BCUT2D eigenvalue weighted by Crippen LogP contribution is -2.38. The van der Waals surface area contributed by atoms with Crippen molar-refractivity contribution in [2.45, 2.75) is 72.4 Å². The molecule has 0 aliphatic rings. The number of hydrogen-bond acceptors (Lipinski definition) is 5. The third kappa shape index (κ3) is 8.33. The van der Waals surface area contributed by atoms with Gasteiger partial charge in [0.15, 0.2) is 0 Å². The molecule has 0 aliphatic carbocycles. The van der Waals surface area contributed by atoms with E-state index in [-0.39, 0.29) is 24.4 Å². The lowest BCUT2D eigenvalue weighted by Gasteiger charge is -2.31. The Morgan fingerprint density at radius 3 is 2.29 bits per heavy atom. The zero-order valence-corrected chi connectivity index (χ0v) is 18.1. The van der Waals surface area contributed by atoms with Crippen LogP contribution in [0.5, 0.6) is 5.75 Å². The van der Waals surface area contributed by atoms with Crippen molar-refractivity contribution in [2.75, 3.05) is 7.11 Å². The molecule has 0 aliphatic heterocycles. The van der Waals surface area contributed by atoms with Gasteiger partial charge in [-0.25, -0.2) is 0 Å². The van der Waals surface area contributed by atoms with Crippen molar-refractivity contribution in [1.82, 2.24) is 0 Å². The normalized spacial score (nSPS) is 15.6. The molecule has 5 nitrogen and oxygen atoms in total. The first kappa shape index (κ1) is 24.0. The predicted molar refractivity (Wildman–Crippen MR) is 110 cm³/mol. The van der Waals surface area contributed by atoms with Crippen LogP contribution in [0.1, 0.15) is 53.5 Å². The number of carbonyl (C=O) groups is 1. The summed E-state index contributed by atoms with van der Waals surface area (Å²) in [6, 6.07) is 7.63. The zero-order valence-electron chi connectivity index (χ0n) is 18.1. The molecule has 0 amide bonds. The van der Waals surface area contributed by atoms with Crippen molar-refractivity contribution in [3.63, 3.8) is 0 Å². The Morgan fingerprint density at radius 1 is 1.18 bits per heavy atom. The summed E-state index contributed by atoms with van der Waals surface area (Å²) in [5, 5.41) is 10.6. The van der Waals surface area contributed by atoms with Crippen LogP contribution >= 0.6 is 0 Å². The number of hydrogen-bond donors (Lipinski definition) is 1. The third-order valence-corrected chi connectivity index (χ3v) is 4.39. The van der Waals surface area contributed by atoms with E-state index in [9.17, 15) is 9.90 Å². The summed E-state index contributed by atoms with van der Waals surface area (Å²) < 4.78 is 16.6. The molecular weight excluding hydrogens is 356 g/mol. The van der Waals surface area contributed by atoms with Gasteiger partial charge in [0.2, 0.25) is 0 Å². The average Bonchev–Trinajstić information content (AvgIpc) is 2.60. The van der Waals surface area contributed by atoms with E-state index in [1.807, 2.05) is 38.1 Å². The molecule has 1 aromatic carbocycles. The van der Waals surface area contributed by atoms with Crippen LogP contribution in [0.25, 0.3) is 0 Å². The van der Waals surface area contributed by atoms with Crippen LogP contribution in [0, 0.1) is 23.7 Å². The van der Waals surface area contributed by atoms with Crippen LogP contribution in [0.4, 0.5) is 0 Å². The highest BCUT2D eigenvalue weighted by Crippen LogP contribution is 2.24. The van der Waals surface area contributed by atoms with Gasteiger partial charge < -0.3 is 19.3 Å². The second-order valence-corrected chi connectivity index (χ2v) is 8.02. The fourth-order valence-corrected chi connectivity index (χ4v) is 2.93. The fourth-order valence-electron chi connectivity index (χ4n) is 2.93. The monoisotopic (exact) mass is 390 g/mol. The van der Waals surface area contributed by atoms with Crippen molar-refractivity contribution in [3.05, 3.63) is 29.8 Å². The molecule has 0 heterocycles. The van der Waals surface area contributed by atoms with Crippen molar-refractivity contribution in [3.8, 4) is 17.6 Å². The first-order valence-electron chi connectivity index (χ1n) is 9.64. The van der Waals surface area contributed by atoms with Crippen molar-refractivity contribution in [1.29, 1.82) is 0 Å². The van der Waals surface area contributed by atoms with Crippen molar-refractivity contribution >= 4 is 5.97 Å². The molecule has 1 N–H and O–H groups in total. The summed E-state index contributed by atoms with van der Waals surface area (Å²) in [5.74, 6) is 5.99. The summed E-state index contributed by atoms with van der Waals surface area (Å²) >= 11 is 0. The molecule has 28 heavy (non-hydrogen) atoms. The van der Waals surface area contributed by atoms with Crippen LogP contribution in [0.3, 0.4) is 0 Å². The van der Waals surface area contributed by atoms with E-state index in [0.29, 0.717) is 6.61 Å². The van der Waals surface area contributed by atoms with Gasteiger partial charge in [-0.05, 0) is 52.3 Å². The standard InChI is InChI=1S/C23H34O5/c1-8-9-16(2)22(27-15-18-10-12-19(26-7)13-11-18)17(3)20(24)14-21(25)28-23(4,5)6/h10-13,16-17,20,22,24H,14-15H2,1-7H3/t16-,17+,20-,22-/m1/s1. The molecule has 5 heteroatoms. The van der Waals surface area contributed by atoms with E-state index in [1.165, 1.54) is 0 Å². The highest BCUT2D eigenvalue weighted by molar-refractivity contribution is 5.70. The van der Waals surface area contributed by atoms with E-state index in [4.69, 9.17) is 14.2 Å². The largest absolute Gasteiger partial charge is 0.497 e. The minimum Gasteiger partial charge on any atom is -0.497 e. The number of carbonyl (C=O) groups excluding carboxylic acids is 1. The summed E-state index contributed by atoms with van der Waals surface area (Å²) in [6.07, 6.45) is -1.28. The number of methoxy groups -OCH3 is 1. The smallest absolute Gasteiger partial charge is 0.308 e. The SMILES string of the molecule is CC#C[C@@H](C)[C@@H](OCc1ccc(OC)cc1)[C@@H](C)[C@H](O)CC(=O)OC(C)(C)C. The number of benzene rings is 1. The van der Waals surface area contributed by atoms with Crippen LogP contribution < -0.4 is 4.74 Å². The third-order valence-electron chi connectivity index (χ3n) is 4.39. The average molecular weight is 391 g/mol. The summed E-state index contributed by atoms with van der Waals surface area (Å²) in [7, 11) is 1.63. The molecule has 0 unspecified atom stereocenters. The second kappa shape index (κ2) is 11.1. The Labute approximate surface area is 169 Å². The minimum atomic E-state index is -0.878. The van der Waals surface area contributed by atoms with E-state index < -0.39 is 17.7 Å². The molecule has 0 aromatic heterocycles. The molecule has 4 atom stereocenters. The number of aliphatic hydroxyl groups is 1. The van der Waals surface area contributed by atoms with Crippen LogP contribution in [0.2, 0.25) is 0 Å². The van der Waals surface area contributed by atoms with Gasteiger partial charge >= 0.3 is 5.97 Å². The second-order valence-electron chi connectivity index (χ2n) is 8.02. The molecule has 1 rings (SSSR count). The Hall–Kier alpha value is -2.03. The summed E-state index contributed by atoms with van der Waals surface area (Å²) in [6.45, 7) is 11.4. The van der Waals surface area contributed by atoms with Gasteiger partial charge in [0, 0.05) is 11.8 Å². The first-order chi connectivity index (χ1) is 13.1. The Kier molecular flexibility index (Phi) is 9.51. The molecule has 0 fully saturated rings. The zero-order chi connectivity index (χ0) is 21.3. The molecule has 0 bridgehead atoms. The molecule has 0 radical (unpaired) electrons. The quantitative estimate of drug-likeness (QED) is 0.511. The minimum absolute atomic E-state index is 0.0763. The van der Waals surface area contributed by atoms with Gasteiger partial charge in [-0.2, -0.15) is 0 Å². The molecular formula is C23H34O5. The number of aliphatic hydroxyl groups excluding tert-OH is 1. The maximum Gasteiger partial charge on any atom is 0.308 e. The molecule has 0 saturated heterocycles. The van der Waals surface area contributed by atoms with E-state index in [0.717, 1.165) is 11.3 Å². The lowest BCUT2D eigenvalue weighted by atomic mass is 9.88. The van der Waals surface area contributed by atoms with Gasteiger partial charge in [0.05, 0.1) is 32.3 Å². The van der Waals surface area contributed by atoms with E-state index in [2.05, 4.69) is 11.8 Å². The highest BCUT2D eigenvalue weighted by Gasteiger charge is 2.31. The molecule has 156 valence electrons. The van der Waals surface area contributed by atoms with Gasteiger partial charge in [-0.3, -0.25) is 4.79 Å². The Balaban J connectivity index is 2.80. The topological polar surface area (TPSA) is 65.0 Å². The summed E-state index contributed by atoms with van der Waals surface area (Å²) in [5.41, 5.74) is 0.418. The Morgan fingerprint density at radius 2 is 1.79 bits per heavy atom. The van der Waals surface area contributed by atoms with Crippen LogP contribution in [0.15, 0.2) is 24.3 Å². The molecule has 0 spiro atoms. The van der Waals surface area contributed by atoms with Gasteiger partial charge in [-0.1, -0.05) is 25.0 Å².